The summed E-state index contributed by atoms with van der Waals surface area (Å²) >= 11 is 0. The number of hydrogen-bond acceptors (Lipinski definition) is 5. The van der Waals surface area contributed by atoms with Crippen molar-refractivity contribution in [2.24, 2.45) is 0 Å². The predicted molar refractivity (Wildman–Crippen MR) is 104 cm³/mol. The number of methoxy groups -OCH3 is 1. The summed E-state index contributed by atoms with van der Waals surface area (Å²) < 4.78 is 33.0. The molecule has 1 atom stereocenters. The van der Waals surface area contributed by atoms with E-state index < -0.39 is 10.0 Å². The molecule has 1 saturated heterocycles. The van der Waals surface area contributed by atoms with Crippen LogP contribution in [0.15, 0.2) is 53.4 Å². The Morgan fingerprint density at radius 2 is 1.96 bits per heavy atom. The summed E-state index contributed by atoms with van der Waals surface area (Å²) in [4.78, 5) is 14.6. The summed E-state index contributed by atoms with van der Waals surface area (Å²) in [6.45, 7) is 4.02. The normalized spacial score (nSPS) is 17.4. The van der Waals surface area contributed by atoms with Crippen LogP contribution in [0.1, 0.15) is 17.3 Å². The second kappa shape index (κ2) is 7.98. The summed E-state index contributed by atoms with van der Waals surface area (Å²) in [6.07, 6.45) is 0. The van der Waals surface area contributed by atoms with E-state index in [1.165, 1.54) is 12.1 Å². The van der Waals surface area contributed by atoms with Crippen LogP contribution in [0.2, 0.25) is 0 Å². The molecule has 1 aliphatic heterocycles. The standard InChI is InChI=1S/C19H23N3O4S/c1-14-13-20-10-11-22(14)19(23)15-4-3-5-18(12-15)27(24,25)21-16-6-8-17(26-2)9-7-16/h3-9,12,14,20-21H,10-11,13H2,1-2H3/t14-/m0/s1. The molecule has 7 nitrogen and oxygen atoms in total. The van der Waals surface area contributed by atoms with Crippen LogP contribution in [0.5, 0.6) is 5.75 Å². The number of piperazine rings is 1. The van der Waals surface area contributed by atoms with Crippen molar-refractivity contribution in [2.45, 2.75) is 17.9 Å². The zero-order valence-corrected chi connectivity index (χ0v) is 16.1. The second-order valence-corrected chi connectivity index (χ2v) is 8.10. The number of benzene rings is 2. The molecule has 0 aliphatic carbocycles. The van der Waals surface area contributed by atoms with Gasteiger partial charge in [-0.25, -0.2) is 8.42 Å². The smallest absolute Gasteiger partial charge is 0.261 e. The van der Waals surface area contributed by atoms with Crippen molar-refractivity contribution in [1.29, 1.82) is 0 Å². The van der Waals surface area contributed by atoms with E-state index in [0.29, 0.717) is 23.5 Å². The molecule has 3 rings (SSSR count). The number of carbonyl (C=O) groups is 1. The highest BCUT2D eigenvalue weighted by atomic mass is 32.2. The molecule has 0 radical (unpaired) electrons. The SMILES string of the molecule is COc1ccc(NS(=O)(=O)c2cccc(C(=O)N3CCNC[C@@H]3C)c2)cc1. The van der Waals surface area contributed by atoms with Crippen LogP contribution in [0.25, 0.3) is 0 Å². The van der Waals surface area contributed by atoms with Gasteiger partial charge in [0.2, 0.25) is 0 Å². The summed E-state index contributed by atoms with van der Waals surface area (Å²) in [7, 11) is -2.26. The fraction of sp³-hybridized carbons (Fsp3) is 0.316. The van der Waals surface area contributed by atoms with Crippen LogP contribution in [0.4, 0.5) is 5.69 Å². The molecule has 0 spiro atoms. The van der Waals surface area contributed by atoms with Gasteiger partial charge in [-0.2, -0.15) is 0 Å². The Morgan fingerprint density at radius 3 is 2.63 bits per heavy atom. The molecule has 1 aliphatic rings. The van der Waals surface area contributed by atoms with Crippen LogP contribution in [0.3, 0.4) is 0 Å². The summed E-state index contributed by atoms with van der Waals surface area (Å²) in [5.74, 6) is 0.473. The lowest BCUT2D eigenvalue weighted by Gasteiger charge is -2.34. The fourth-order valence-electron chi connectivity index (χ4n) is 2.98. The molecule has 144 valence electrons. The first kappa shape index (κ1) is 19.2. The number of rotatable bonds is 5. The van der Waals surface area contributed by atoms with Gasteiger partial charge in [-0.1, -0.05) is 6.07 Å². The molecule has 8 heteroatoms. The molecule has 0 saturated carbocycles. The molecular weight excluding hydrogens is 366 g/mol. The summed E-state index contributed by atoms with van der Waals surface area (Å²) in [5, 5.41) is 3.23. The first-order valence-corrected chi connectivity index (χ1v) is 10.2. The molecule has 0 bridgehead atoms. The maximum atomic E-state index is 12.8. The topological polar surface area (TPSA) is 87.7 Å². The third-order valence-corrected chi connectivity index (χ3v) is 5.87. The minimum absolute atomic E-state index is 0.0481. The van der Waals surface area contributed by atoms with E-state index in [1.54, 1.807) is 48.4 Å². The van der Waals surface area contributed by atoms with Crippen molar-refractivity contribution in [2.75, 3.05) is 31.5 Å². The Labute approximate surface area is 159 Å². The van der Waals surface area contributed by atoms with Gasteiger partial charge in [-0.05, 0) is 49.4 Å². The number of ether oxygens (including phenoxy) is 1. The summed E-state index contributed by atoms with van der Waals surface area (Å²) in [5.41, 5.74) is 0.782. The maximum absolute atomic E-state index is 12.8. The Hall–Kier alpha value is -2.58. The van der Waals surface area contributed by atoms with Crippen LogP contribution in [-0.2, 0) is 10.0 Å². The molecule has 0 unspecified atom stereocenters. The third-order valence-electron chi connectivity index (χ3n) is 4.50. The molecule has 1 heterocycles. The summed E-state index contributed by atoms with van der Waals surface area (Å²) in [6, 6.07) is 12.8. The molecular formula is C19H23N3O4S. The monoisotopic (exact) mass is 389 g/mol. The van der Waals surface area contributed by atoms with Crippen LogP contribution < -0.4 is 14.8 Å². The average molecular weight is 389 g/mol. The van der Waals surface area contributed by atoms with Gasteiger partial charge in [-0.3, -0.25) is 9.52 Å². The first-order chi connectivity index (χ1) is 12.9. The molecule has 2 N–H and O–H groups in total. The molecule has 1 fully saturated rings. The van der Waals surface area contributed by atoms with Crippen LogP contribution >= 0.6 is 0 Å². The van der Waals surface area contributed by atoms with Crippen molar-refractivity contribution >= 4 is 21.6 Å². The van der Waals surface area contributed by atoms with E-state index >= 15 is 0 Å². The zero-order valence-electron chi connectivity index (χ0n) is 15.3. The van der Waals surface area contributed by atoms with Crippen LogP contribution in [-0.4, -0.2) is 52.0 Å². The van der Waals surface area contributed by atoms with Crippen LogP contribution in [0, 0.1) is 0 Å². The number of nitrogens with zero attached hydrogens (tertiary/aromatic N) is 1. The van der Waals surface area contributed by atoms with E-state index in [1.807, 2.05) is 6.92 Å². The minimum Gasteiger partial charge on any atom is -0.497 e. The van der Waals surface area contributed by atoms with Crippen molar-refractivity contribution in [1.82, 2.24) is 10.2 Å². The highest BCUT2D eigenvalue weighted by molar-refractivity contribution is 7.92. The van der Waals surface area contributed by atoms with Gasteiger partial charge in [0, 0.05) is 36.9 Å². The second-order valence-electron chi connectivity index (χ2n) is 6.41. The van der Waals surface area contributed by atoms with Gasteiger partial charge in [0.15, 0.2) is 0 Å². The lowest BCUT2D eigenvalue weighted by atomic mass is 10.1. The lowest BCUT2D eigenvalue weighted by Crippen LogP contribution is -2.52. The largest absolute Gasteiger partial charge is 0.497 e. The number of nitrogens with one attached hydrogen (secondary N) is 2. The number of anilines is 1. The van der Waals surface area contributed by atoms with E-state index in [2.05, 4.69) is 10.0 Å². The van der Waals surface area contributed by atoms with E-state index in [9.17, 15) is 13.2 Å². The van der Waals surface area contributed by atoms with Gasteiger partial charge in [0.1, 0.15) is 5.75 Å². The van der Waals surface area contributed by atoms with Gasteiger partial charge in [0.25, 0.3) is 15.9 Å². The van der Waals surface area contributed by atoms with Crippen molar-refractivity contribution in [3.63, 3.8) is 0 Å². The Kier molecular flexibility index (Phi) is 5.67. The predicted octanol–water partition coefficient (Wildman–Crippen LogP) is 1.93. The van der Waals surface area contributed by atoms with Gasteiger partial charge >= 0.3 is 0 Å². The molecule has 27 heavy (non-hydrogen) atoms. The number of sulfonamides is 1. The van der Waals surface area contributed by atoms with Crippen molar-refractivity contribution in [3.8, 4) is 5.75 Å². The molecule has 1 amide bonds. The third kappa shape index (κ3) is 4.40. The Bertz CT molecular complexity index is 913. The quantitative estimate of drug-likeness (QED) is 0.816. The van der Waals surface area contributed by atoms with E-state index in [-0.39, 0.29) is 16.8 Å². The number of amides is 1. The van der Waals surface area contributed by atoms with E-state index in [0.717, 1.165) is 13.1 Å². The fourth-order valence-corrected chi connectivity index (χ4v) is 4.08. The van der Waals surface area contributed by atoms with Crippen molar-refractivity contribution in [3.05, 3.63) is 54.1 Å². The number of carbonyl (C=O) groups excluding carboxylic acids is 1. The average Bonchev–Trinajstić information content (AvgIpc) is 2.68. The van der Waals surface area contributed by atoms with E-state index in [4.69, 9.17) is 4.74 Å². The highest BCUT2D eigenvalue weighted by Gasteiger charge is 2.25. The molecule has 0 aromatic heterocycles. The Morgan fingerprint density at radius 1 is 1.22 bits per heavy atom. The van der Waals surface area contributed by atoms with Gasteiger partial charge in [-0.15, -0.1) is 0 Å². The highest BCUT2D eigenvalue weighted by Crippen LogP contribution is 2.21. The van der Waals surface area contributed by atoms with Crippen molar-refractivity contribution < 1.29 is 17.9 Å². The minimum atomic E-state index is -3.81. The first-order valence-electron chi connectivity index (χ1n) is 8.69. The maximum Gasteiger partial charge on any atom is 0.261 e. The molecule has 2 aromatic rings. The molecule has 2 aromatic carbocycles. The zero-order chi connectivity index (χ0) is 19.4. The van der Waals surface area contributed by atoms with Gasteiger partial charge < -0.3 is 15.0 Å². The number of hydrogen-bond donors (Lipinski definition) is 2. The van der Waals surface area contributed by atoms with Gasteiger partial charge in [0.05, 0.1) is 12.0 Å². The Balaban J connectivity index is 1.81. The lowest BCUT2D eigenvalue weighted by molar-refractivity contribution is 0.0655.